The minimum Gasteiger partial charge on any atom is -0.493 e. The summed E-state index contributed by atoms with van der Waals surface area (Å²) in [5.74, 6) is -0.0705. The molecule has 0 spiro atoms. The summed E-state index contributed by atoms with van der Waals surface area (Å²) >= 11 is 1.45. The quantitative estimate of drug-likeness (QED) is 0.513. The van der Waals surface area contributed by atoms with E-state index in [0.717, 1.165) is 11.3 Å². The maximum Gasteiger partial charge on any atom is 0.387 e. The Kier molecular flexibility index (Phi) is 7.29. The van der Waals surface area contributed by atoms with E-state index >= 15 is 0 Å². The van der Waals surface area contributed by atoms with Crippen LogP contribution in [0.4, 0.5) is 8.78 Å². The number of rotatable bonds is 9. The highest BCUT2D eigenvalue weighted by Gasteiger charge is 2.17. The predicted octanol–water partition coefficient (Wildman–Crippen LogP) is 4.18. The molecule has 0 bridgehead atoms. The number of nitrogens with zero attached hydrogens (tertiary/aromatic N) is 2. The lowest BCUT2D eigenvalue weighted by Crippen LogP contribution is -2.27. The molecule has 0 fully saturated rings. The summed E-state index contributed by atoms with van der Waals surface area (Å²) in [5, 5.41) is 3.59. The first kappa shape index (κ1) is 21.6. The summed E-state index contributed by atoms with van der Waals surface area (Å²) in [7, 11) is 1.38. The Balaban J connectivity index is 1.68. The number of benzene rings is 2. The minimum absolute atomic E-state index is 0.0309. The number of nitrogens with one attached hydrogen (secondary N) is 1. The van der Waals surface area contributed by atoms with E-state index in [1.807, 2.05) is 36.6 Å². The van der Waals surface area contributed by atoms with Crippen molar-refractivity contribution in [3.8, 4) is 17.2 Å². The van der Waals surface area contributed by atoms with Gasteiger partial charge in [-0.05, 0) is 42.5 Å². The molecule has 2 aromatic carbocycles. The van der Waals surface area contributed by atoms with Crippen LogP contribution < -0.4 is 14.8 Å². The highest BCUT2D eigenvalue weighted by molar-refractivity contribution is 7.98. The lowest BCUT2D eigenvalue weighted by molar-refractivity contribution is -0.0512. The van der Waals surface area contributed by atoms with Gasteiger partial charge in [0.05, 0.1) is 13.3 Å². The van der Waals surface area contributed by atoms with E-state index in [0.29, 0.717) is 23.8 Å². The first-order valence-electron chi connectivity index (χ1n) is 9.10. The first-order valence-corrected chi connectivity index (χ1v) is 10.3. The Bertz CT molecular complexity index is 996. The van der Waals surface area contributed by atoms with Crippen molar-refractivity contribution in [2.24, 2.45) is 0 Å². The zero-order chi connectivity index (χ0) is 21.5. The fourth-order valence-electron chi connectivity index (χ4n) is 2.94. The van der Waals surface area contributed by atoms with Gasteiger partial charge in [-0.3, -0.25) is 9.36 Å². The normalized spacial score (nSPS) is 10.8. The second-order valence-corrected chi connectivity index (χ2v) is 6.94. The van der Waals surface area contributed by atoms with Gasteiger partial charge in [0.2, 0.25) is 0 Å². The van der Waals surface area contributed by atoms with Crippen LogP contribution in [-0.2, 0) is 6.42 Å². The van der Waals surface area contributed by atoms with Gasteiger partial charge in [-0.15, -0.1) is 0 Å². The van der Waals surface area contributed by atoms with E-state index in [1.165, 1.54) is 24.9 Å². The highest BCUT2D eigenvalue weighted by atomic mass is 32.2. The number of imidazole rings is 1. The van der Waals surface area contributed by atoms with Gasteiger partial charge >= 0.3 is 6.61 Å². The number of aromatic nitrogens is 2. The third-order valence-electron chi connectivity index (χ3n) is 4.30. The Labute approximate surface area is 177 Å². The summed E-state index contributed by atoms with van der Waals surface area (Å²) in [6.07, 6.45) is 3.94. The average Bonchev–Trinajstić information content (AvgIpc) is 3.19. The van der Waals surface area contributed by atoms with Gasteiger partial charge in [-0.2, -0.15) is 8.78 Å². The van der Waals surface area contributed by atoms with Crippen molar-refractivity contribution >= 4 is 17.7 Å². The van der Waals surface area contributed by atoms with E-state index in [-0.39, 0.29) is 17.4 Å². The molecular weight excluding hydrogens is 412 g/mol. The van der Waals surface area contributed by atoms with Crippen LogP contribution in [0.3, 0.4) is 0 Å². The van der Waals surface area contributed by atoms with Crippen molar-refractivity contribution < 1.29 is 23.0 Å². The van der Waals surface area contributed by atoms with Gasteiger partial charge in [0.25, 0.3) is 5.91 Å². The van der Waals surface area contributed by atoms with Crippen LogP contribution in [0.2, 0.25) is 0 Å². The molecule has 3 rings (SSSR count). The number of hydrogen-bond acceptors (Lipinski definition) is 5. The summed E-state index contributed by atoms with van der Waals surface area (Å²) in [6, 6.07) is 14.2. The molecule has 1 heterocycles. The van der Waals surface area contributed by atoms with Gasteiger partial charge in [0, 0.05) is 12.2 Å². The molecule has 3 aromatic rings. The van der Waals surface area contributed by atoms with Crippen molar-refractivity contribution in [2.45, 2.75) is 18.2 Å². The van der Waals surface area contributed by atoms with Gasteiger partial charge in [0.1, 0.15) is 5.69 Å². The second-order valence-electron chi connectivity index (χ2n) is 6.17. The monoisotopic (exact) mass is 433 g/mol. The maximum atomic E-state index is 12.7. The number of thioether (sulfide) groups is 1. The smallest absolute Gasteiger partial charge is 0.387 e. The molecule has 0 unspecified atom stereocenters. The molecule has 0 saturated heterocycles. The number of hydrogen-bond donors (Lipinski definition) is 1. The Morgan fingerprint density at radius 2 is 1.97 bits per heavy atom. The van der Waals surface area contributed by atoms with Crippen LogP contribution >= 0.6 is 11.8 Å². The lowest BCUT2D eigenvalue weighted by atomic mass is 10.1. The number of methoxy groups -OCH3 is 1. The molecule has 1 amide bonds. The Morgan fingerprint density at radius 1 is 1.20 bits per heavy atom. The number of para-hydroxylation sites is 1. The highest BCUT2D eigenvalue weighted by Crippen LogP contribution is 2.29. The van der Waals surface area contributed by atoms with Crippen molar-refractivity contribution in [2.75, 3.05) is 19.9 Å². The van der Waals surface area contributed by atoms with E-state index in [2.05, 4.69) is 15.0 Å². The fraction of sp³-hybridized carbons (Fsp3) is 0.238. The summed E-state index contributed by atoms with van der Waals surface area (Å²) in [5.41, 5.74) is 2.10. The third kappa shape index (κ3) is 5.10. The first-order chi connectivity index (χ1) is 14.5. The largest absolute Gasteiger partial charge is 0.493 e. The number of carbonyl (C=O) groups excluding carboxylic acids is 1. The lowest BCUT2D eigenvalue weighted by Gasteiger charge is -2.13. The molecule has 0 saturated carbocycles. The summed E-state index contributed by atoms with van der Waals surface area (Å²) in [6.45, 7) is -2.57. The third-order valence-corrected chi connectivity index (χ3v) is 4.96. The van der Waals surface area contributed by atoms with E-state index in [9.17, 15) is 13.6 Å². The Morgan fingerprint density at radius 3 is 2.63 bits per heavy atom. The minimum atomic E-state index is -2.93. The van der Waals surface area contributed by atoms with Crippen LogP contribution in [0.15, 0.2) is 59.9 Å². The number of ether oxygens (including phenoxy) is 2. The molecule has 0 radical (unpaired) electrons. The van der Waals surface area contributed by atoms with Crippen LogP contribution in [-0.4, -0.2) is 42.0 Å². The molecule has 9 heteroatoms. The number of amides is 1. The van der Waals surface area contributed by atoms with Gasteiger partial charge in [-0.1, -0.05) is 36.0 Å². The standard InChI is InChI=1S/C21H21F2N3O3S/c1-28-18-12-14(8-9-17(18)29-20(22)23)10-11-24-19(27)16-13-25-21(30-2)26(16)15-6-4-3-5-7-15/h3-9,12-13,20H,10-11H2,1-2H3,(H,24,27). The molecule has 158 valence electrons. The second kappa shape index (κ2) is 10.1. The van der Waals surface area contributed by atoms with Gasteiger partial charge in [0.15, 0.2) is 16.7 Å². The topological polar surface area (TPSA) is 65.4 Å². The van der Waals surface area contributed by atoms with E-state index in [1.54, 1.807) is 22.9 Å². The van der Waals surface area contributed by atoms with Crippen molar-refractivity contribution in [1.29, 1.82) is 0 Å². The zero-order valence-corrected chi connectivity index (χ0v) is 17.3. The zero-order valence-electron chi connectivity index (χ0n) is 16.5. The Hall–Kier alpha value is -3.07. The summed E-state index contributed by atoms with van der Waals surface area (Å²) in [4.78, 5) is 17.1. The molecule has 0 aliphatic carbocycles. The van der Waals surface area contributed by atoms with Crippen LogP contribution in [0.25, 0.3) is 5.69 Å². The molecular formula is C21H21F2N3O3S. The number of halogens is 2. The van der Waals surface area contributed by atoms with Crippen molar-refractivity contribution in [3.05, 3.63) is 66.0 Å². The molecule has 1 N–H and O–H groups in total. The molecule has 0 aliphatic heterocycles. The van der Waals surface area contributed by atoms with Gasteiger partial charge in [-0.25, -0.2) is 4.98 Å². The average molecular weight is 433 g/mol. The molecule has 30 heavy (non-hydrogen) atoms. The van der Waals surface area contributed by atoms with Crippen LogP contribution in [0.5, 0.6) is 11.5 Å². The van der Waals surface area contributed by atoms with Gasteiger partial charge < -0.3 is 14.8 Å². The number of carbonyl (C=O) groups is 1. The van der Waals surface area contributed by atoms with E-state index in [4.69, 9.17) is 4.74 Å². The van der Waals surface area contributed by atoms with Crippen molar-refractivity contribution in [3.63, 3.8) is 0 Å². The fourth-order valence-corrected chi connectivity index (χ4v) is 3.48. The molecule has 6 nitrogen and oxygen atoms in total. The van der Waals surface area contributed by atoms with Crippen molar-refractivity contribution in [1.82, 2.24) is 14.9 Å². The molecule has 0 atom stereocenters. The predicted molar refractivity (Wildman–Crippen MR) is 111 cm³/mol. The van der Waals surface area contributed by atoms with E-state index < -0.39 is 6.61 Å². The molecule has 0 aliphatic rings. The SMILES string of the molecule is COc1cc(CCNC(=O)c2cnc(SC)n2-c2ccccc2)ccc1OC(F)F. The van der Waals surface area contributed by atoms with Crippen LogP contribution in [0, 0.1) is 0 Å². The number of alkyl halides is 2. The van der Waals surface area contributed by atoms with Crippen LogP contribution in [0.1, 0.15) is 16.1 Å². The molecule has 1 aromatic heterocycles. The maximum absolute atomic E-state index is 12.7. The summed E-state index contributed by atoms with van der Waals surface area (Å²) < 4.78 is 36.2.